The summed E-state index contributed by atoms with van der Waals surface area (Å²) < 4.78 is 5.35. The van der Waals surface area contributed by atoms with Gasteiger partial charge in [-0.05, 0) is 26.3 Å². The van der Waals surface area contributed by atoms with Crippen LogP contribution in [0.25, 0.3) is 22.4 Å². The van der Waals surface area contributed by atoms with E-state index in [1.54, 1.807) is 4.90 Å². The maximum absolute atomic E-state index is 13.1. The van der Waals surface area contributed by atoms with Gasteiger partial charge in [-0.3, -0.25) is 4.79 Å². The Labute approximate surface area is 145 Å². The van der Waals surface area contributed by atoms with Gasteiger partial charge in [0.1, 0.15) is 0 Å². The summed E-state index contributed by atoms with van der Waals surface area (Å²) in [4.78, 5) is 19.4. The van der Waals surface area contributed by atoms with Crippen LogP contribution in [0.4, 0.5) is 0 Å². The number of pyridine rings is 1. The van der Waals surface area contributed by atoms with Gasteiger partial charge in [-0.25, -0.2) is 4.98 Å². The second-order valence-electron chi connectivity index (χ2n) is 6.67. The molecule has 2 aromatic heterocycles. The number of nitrogens with two attached hydrogens (primary N) is 1. The maximum atomic E-state index is 13.1. The Morgan fingerprint density at radius 3 is 2.72 bits per heavy atom. The lowest BCUT2D eigenvalue weighted by Gasteiger charge is -2.17. The lowest BCUT2D eigenvalue weighted by atomic mass is 10.0. The summed E-state index contributed by atoms with van der Waals surface area (Å²) in [5, 5.41) is 4.68. The zero-order valence-corrected chi connectivity index (χ0v) is 14.3. The van der Waals surface area contributed by atoms with Gasteiger partial charge in [0.15, 0.2) is 0 Å². The van der Waals surface area contributed by atoms with Crippen molar-refractivity contribution in [3.8, 4) is 11.3 Å². The number of amides is 1. The van der Waals surface area contributed by atoms with Gasteiger partial charge < -0.3 is 15.2 Å². The number of nitrogens with zero attached hydrogens (tertiary/aromatic N) is 3. The number of carbonyl (C=O) groups excluding carboxylic acids is 1. The molecule has 6 heteroatoms. The van der Waals surface area contributed by atoms with Gasteiger partial charge in [0.2, 0.25) is 0 Å². The standard InChI is InChI=1S/C19H20N4O2/c1-11-3-5-13(6-4-11)16-9-15(17-12(2)22-25-18(17)21-16)19(24)23-8-7-14(20)10-23/h3-6,9,14H,7-8,10,20H2,1-2H3/t14-/m1/s1. The first-order valence-electron chi connectivity index (χ1n) is 8.42. The number of aryl methyl sites for hydroxylation is 2. The monoisotopic (exact) mass is 336 g/mol. The Hall–Kier alpha value is -2.73. The minimum absolute atomic E-state index is 0.0417. The summed E-state index contributed by atoms with van der Waals surface area (Å²) in [5.41, 5.74) is 10.4. The van der Waals surface area contributed by atoms with E-state index < -0.39 is 0 Å². The van der Waals surface area contributed by atoms with E-state index in [-0.39, 0.29) is 11.9 Å². The van der Waals surface area contributed by atoms with Crippen LogP contribution in [0.1, 0.15) is 28.0 Å². The first-order chi connectivity index (χ1) is 12.0. The van der Waals surface area contributed by atoms with Crippen molar-refractivity contribution in [2.75, 3.05) is 13.1 Å². The smallest absolute Gasteiger partial charge is 0.259 e. The number of fused-ring (bicyclic) bond motifs is 1. The Morgan fingerprint density at radius 1 is 1.28 bits per heavy atom. The summed E-state index contributed by atoms with van der Waals surface area (Å²) in [6.45, 7) is 5.11. The molecule has 0 radical (unpaired) electrons. The molecule has 1 aromatic carbocycles. The molecule has 0 aliphatic carbocycles. The quantitative estimate of drug-likeness (QED) is 0.777. The van der Waals surface area contributed by atoms with Crippen LogP contribution >= 0.6 is 0 Å². The van der Waals surface area contributed by atoms with Gasteiger partial charge in [-0.2, -0.15) is 0 Å². The van der Waals surface area contributed by atoms with Crippen LogP contribution in [0, 0.1) is 13.8 Å². The van der Waals surface area contributed by atoms with Gasteiger partial charge in [-0.1, -0.05) is 35.0 Å². The maximum Gasteiger partial charge on any atom is 0.259 e. The van der Waals surface area contributed by atoms with E-state index in [9.17, 15) is 4.79 Å². The minimum Gasteiger partial charge on any atom is -0.337 e. The van der Waals surface area contributed by atoms with Crippen molar-refractivity contribution in [3.63, 3.8) is 0 Å². The number of aromatic nitrogens is 2. The first-order valence-corrected chi connectivity index (χ1v) is 8.42. The van der Waals surface area contributed by atoms with Crippen LogP contribution < -0.4 is 5.73 Å². The highest BCUT2D eigenvalue weighted by molar-refractivity contribution is 6.07. The first kappa shape index (κ1) is 15.8. The highest BCUT2D eigenvalue weighted by atomic mass is 16.5. The van der Waals surface area contributed by atoms with E-state index in [1.165, 1.54) is 5.56 Å². The van der Waals surface area contributed by atoms with Crippen molar-refractivity contribution in [3.05, 3.63) is 47.2 Å². The van der Waals surface area contributed by atoms with Crippen molar-refractivity contribution in [2.45, 2.75) is 26.3 Å². The van der Waals surface area contributed by atoms with Gasteiger partial charge in [0.05, 0.1) is 22.3 Å². The summed E-state index contributed by atoms with van der Waals surface area (Å²) in [5.74, 6) is -0.0417. The average molecular weight is 336 g/mol. The topological polar surface area (TPSA) is 85.2 Å². The number of rotatable bonds is 2. The summed E-state index contributed by atoms with van der Waals surface area (Å²) in [6.07, 6.45) is 0.827. The second kappa shape index (κ2) is 5.97. The zero-order valence-electron chi connectivity index (χ0n) is 14.3. The lowest BCUT2D eigenvalue weighted by molar-refractivity contribution is 0.0792. The van der Waals surface area contributed by atoms with Crippen LogP contribution in [0.15, 0.2) is 34.9 Å². The fraction of sp³-hybridized carbons (Fsp3) is 0.316. The molecule has 1 amide bonds. The molecule has 4 rings (SSSR count). The highest BCUT2D eigenvalue weighted by Crippen LogP contribution is 2.28. The molecule has 0 spiro atoms. The summed E-state index contributed by atoms with van der Waals surface area (Å²) >= 11 is 0. The van der Waals surface area contributed by atoms with Gasteiger partial charge >= 0.3 is 0 Å². The van der Waals surface area contributed by atoms with Crippen molar-refractivity contribution in [2.24, 2.45) is 5.73 Å². The van der Waals surface area contributed by atoms with Gasteiger partial charge in [-0.15, -0.1) is 0 Å². The molecule has 1 atom stereocenters. The lowest BCUT2D eigenvalue weighted by Crippen LogP contribution is -2.32. The molecule has 6 nitrogen and oxygen atoms in total. The van der Waals surface area contributed by atoms with Gasteiger partial charge in [0, 0.05) is 24.7 Å². The van der Waals surface area contributed by atoms with Crippen LogP contribution in [0.2, 0.25) is 0 Å². The van der Waals surface area contributed by atoms with E-state index in [4.69, 9.17) is 10.3 Å². The molecule has 1 aliphatic heterocycles. The van der Waals surface area contributed by atoms with Crippen LogP contribution in [0.3, 0.4) is 0 Å². The van der Waals surface area contributed by atoms with Gasteiger partial charge in [0.25, 0.3) is 11.6 Å². The Morgan fingerprint density at radius 2 is 2.04 bits per heavy atom. The molecule has 25 heavy (non-hydrogen) atoms. The summed E-state index contributed by atoms with van der Waals surface area (Å²) in [7, 11) is 0. The molecule has 2 N–H and O–H groups in total. The molecule has 128 valence electrons. The molecule has 0 bridgehead atoms. The van der Waals surface area contributed by atoms with E-state index in [0.717, 1.165) is 12.0 Å². The molecule has 3 heterocycles. The average Bonchev–Trinajstić information content (AvgIpc) is 3.20. The van der Waals surface area contributed by atoms with Crippen molar-refractivity contribution >= 4 is 17.0 Å². The molecular formula is C19H20N4O2. The molecule has 3 aromatic rings. The molecule has 1 saturated heterocycles. The largest absolute Gasteiger partial charge is 0.337 e. The van der Waals surface area contributed by atoms with Crippen molar-refractivity contribution < 1.29 is 9.32 Å². The number of carbonyl (C=O) groups is 1. The third-order valence-electron chi connectivity index (χ3n) is 4.71. The molecule has 0 saturated carbocycles. The highest BCUT2D eigenvalue weighted by Gasteiger charge is 2.28. The Kier molecular flexibility index (Phi) is 3.77. The van der Waals surface area contributed by atoms with E-state index >= 15 is 0 Å². The van der Waals surface area contributed by atoms with Crippen molar-refractivity contribution in [1.29, 1.82) is 0 Å². The number of benzene rings is 1. The number of likely N-dealkylation sites (tertiary alicyclic amines) is 1. The fourth-order valence-corrected chi connectivity index (χ4v) is 3.28. The van der Waals surface area contributed by atoms with Crippen LogP contribution in [0.5, 0.6) is 0 Å². The van der Waals surface area contributed by atoms with E-state index in [2.05, 4.69) is 10.1 Å². The van der Waals surface area contributed by atoms with Crippen LogP contribution in [-0.2, 0) is 0 Å². The fourth-order valence-electron chi connectivity index (χ4n) is 3.28. The summed E-state index contributed by atoms with van der Waals surface area (Å²) in [6, 6.07) is 9.91. The SMILES string of the molecule is Cc1ccc(-c2cc(C(=O)N3CC[C@@H](N)C3)c3c(C)noc3n2)cc1. The molecule has 0 unspecified atom stereocenters. The zero-order chi connectivity index (χ0) is 17.6. The third kappa shape index (κ3) is 2.78. The van der Waals surface area contributed by atoms with Crippen LogP contribution in [-0.4, -0.2) is 40.1 Å². The van der Waals surface area contributed by atoms with E-state index in [0.29, 0.717) is 41.1 Å². The second-order valence-corrected chi connectivity index (χ2v) is 6.67. The predicted molar refractivity (Wildman–Crippen MR) is 95.2 cm³/mol. The third-order valence-corrected chi connectivity index (χ3v) is 4.71. The number of hydrogen-bond acceptors (Lipinski definition) is 5. The molecule has 1 fully saturated rings. The Balaban J connectivity index is 1.85. The Bertz CT molecular complexity index is 946. The minimum atomic E-state index is -0.0417. The molecule has 1 aliphatic rings. The normalized spacial score (nSPS) is 17.4. The van der Waals surface area contributed by atoms with E-state index in [1.807, 2.05) is 44.2 Å². The predicted octanol–water partition coefficient (Wildman–Crippen LogP) is 2.68. The van der Waals surface area contributed by atoms with Crippen molar-refractivity contribution in [1.82, 2.24) is 15.0 Å². The number of hydrogen-bond donors (Lipinski definition) is 1. The molecular weight excluding hydrogens is 316 g/mol.